The highest BCUT2D eigenvalue weighted by Crippen LogP contribution is 2.27. The summed E-state index contributed by atoms with van der Waals surface area (Å²) in [6.45, 7) is 2.31. The molecule has 0 amide bonds. The molecule has 5 heteroatoms. The summed E-state index contributed by atoms with van der Waals surface area (Å²) in [5.74, 6) is 0.474. The number of nitrogens with one attached hydrogen (secondary N) is 1. The molecule has 2 aromatic rings. The Morgan fingerprint density at radius 3 is 2.76 bits per heavy atom. The zero-order valence-corrected chi connectivity index (χ0v) is 12.6. The van der Waals surface area contributed by atoms with Gasteiger partial charge in [0, 0.05) is 28.7 Å². The Bertz CT molecular complexity index is 634. The fourth-order valence-corrected chi connectivity index (χ4v) is 2.31. The quantitative estimate of drug-likeness (QED) is 0.875. The molecule has 0 aromatic heterocycles. The third kappa shape index (κ3) is 3.86. The Hall–Kier alpha value is -1.78. The van der Waals surface area contributed by atoms with Crippen LogP contribution in [0, 0.1) is 5.82 Å². The zero-order valence-electron chi connectivity index (χ0n) is 11.9. The Morgan fingerprint density at radius 1 is 1.29 bits per heavy atom. The molecule has 0 spiro atoms. The van der Waals surface area contributed by atoms with E-state index in [2.05, 4.69) is 5.32 Å². The van der Waals surface area contributed by atoms with E-state index in [4.69, 9.17) is 16.3 Å². The van der Waals surface area contributed by atoms with Crippen molar-refractivity contribution in [1.29, 1.82) is 0 Å². The number of ether oxygens (including phenoxy) is 1. The van der Waals surface area contributed by atoms with E-state index in [1.807, 2.05) is 6.92 Å². The normalized spacial score (nSPS) is 12.2. The average Bonchev–Trinajstić information content (AvgIpc) is 2.47. The molecule has 112 valence electrons. The molecule has 0 aliphatic rings. The first-order chi connectivity index (χ1) is 10.0. The van der Waals surface area contributed by atoms with Crippen molar-refractivity contribution < 1.29 is 14.2 Å². The standard InChI is InChI=1S/C16H17ClFNO2/c1-10(14-8-13(18)4-6-16(14)21-2)19-9-11-7-12(17)3-5-15(11)20/h3-8,10,19-20H,9H2,1-2H3. The van der Waals surface area contributed by atoms with Crippen molar-refractivity contribution in [2.75, 3.05) is 7.11 Å². The third-order valence-corrected chi connectivity index (χ3v) is 3.53. The molecule has 0 aliphatic heterocycles. The van der Waals surface area contributed by atoms with Crippen LogP contribution < -0.4 is 10.1 Å². The van der Waals surface area contributed by atoms with E-state index in [0.717, 1.165) is 5.56 Å². The second kappa shape index (κ2) is 6.78. The molecule has 0 aliphatic carbocycles. The summed E-state index contributed by atoms with van der Waals surface area (Å²) in [7, 11) is 1.55. The summed E-state index contributed by atoms with van der Waals surface area (Å²) >= 11 is 5.91. The molecular formula is C16H17ClFNO2. The number of hydrogen-bond acceptors (Lipinski definition) is 3. The number of rotatable bonds is 5. The number of benzene rings is 2. The van der Waals surface area contributed by atoms with Crippen LogP contribution in [-0.4, -0.2) is 12.2 Å². The molecule has 2 rings (SSSR count). The number of aromatic hydroxyl groups is 1. The number of methoxy groups -OCH3 is 1. The Kier molecular flexibility index (Phi) is 5.04. The van der Waals surface area contributed by atoms with E-state index in [9.17, 15) is 9.50 Å². The summed E-state index contributed by atoms with van der Waals surface area (Å²) in [6, 6.07) is 9.12. The van der Waals surface area contributed by atoms with Crippen molar-refractivity contribution in [3.8, 4) is 11.5 Å². The lowest BCUT2D eigenvalue weighted by Crippen LogP contribution is -2.19. The Labute approximate surface area is 128 Å². The van der Waals surface area contributed by atoms with Gasteiger partial charge in [-0.15, -0.1) is 0 Å². The highest BCUT2D eigenvalue weighted by molar-refractivity contribution is 6.30. The minimum Gasteiger partial charge on any atom is -0.508 e. The molecule has 0 fully saturated rings. The predicted molar refractivity (Wildman–Crippen MR) is 81.3 cm³/mol. The first-order valence-corrected chi connectivity index (χ1v) is 6.93. The van der Waals surface area contributed by atoms with Crippen molar-refractivity contribution in [3.63, 3.8) is 0 Å². The molecule has 2 N–H and O–H groups in total. The van der Waals surface area contributed by atoms with E-state index in [-0.39, 0.29) is 17.6 Å². The molecule has 0 saturated carbocycles. The lowest BCUT2D eigenvalue weighted by Gasteiger charge is -2.18. The van der Waals surface area contributed by atoms with Gasteiger partial charge in [-0.1, -0.05) is 11.6 Å². The Morgan fingerprint density at radius 2 is 2.05 bits per heavy atom. The molecule has 0 radical (unpaired) electrons. The second-order valence-corrected chi connectivity index (χ2v) is 5.20. The van der Waals surface area contributed by atoms with E-state index < -0.39 is 0 Å². The van der Waals surface area contributed by atoms with Gasteiger partial charge in [-0.2, -0.15) is 0 Å². The van der Waals surface area contributed by atoms with Gasteiger partial charge in [0.15, 0.2) is 0 Å². The number of phenolic OH excluding ortho intramolecular Hbond substituents is 1. The number of halogens is 2. The van der Waals surface area contributed by atoms with Gasteiger partial charge >= 0.3 is 0 Å². The molecule has 0 saturated heterocycles. The third-order valence-electron chi connectivity index (χ3n) is 3.30. The number of hydrogen-bond donors (Lipinski definition) is 2. The molecular weight excluding hydrogens is 293 g/mol. The fourth-order valence-electron chi connectivity index (χ4n) is 2.11. The highest BCUT2D eigenvalue weighted by atomic mass is 35.5. The molecule has 1 atom stereocenters. The van der Waals surface area contributed by atoms with Crippen LogP contribution in [0.15, 0.2) is 36.4 Å². The van der Waals surface area contributed by atoms with Crippen molar-refractivity contribution in [1.82, 2.24) is 5.32 Å². The molecule has 0 bridgehead atoms. The van der Waals surface area contributed by atoms with E-state index in [1.54, 1.807) is 31.4 Å². The van der Waals surface area contributed by atoms with Crippen LogP contribution in [0.2, 0.25) is 5.02 Å². The van der Waals surface area contributed by atoms with Gasteiger partial charge in [-0.25, -0.2) is 4.39 Å². The van der Waals surface area contributed by atoms with Gasteiger partial charge in [0.1, 0.15) is 17.3 Å². The van der Waals surface area contributed by atoms with E-state index >= 15 is 0 Å². The highest BCUT2D eigenvalue weighted by Gasteiger charge is 2.13. The van der Waals surface area contributed by atoms with Gasteiger partial charge in [-0.05, 0) is 43.3 Å². The van der Waals surface area contributed by atoms with Gasteiger partial charge in [-0.3, -0.25) is 0 Å². The summed E-state index contributed by atoms with van der Waals surface area (Å²) in [4.78, 5) is 0. The fraction of sp³-hybridized carbons (Fsp3) is 0.250. The molecule has 2 aromatic carbocycles. The van der Waals surface area contributed by atoms with Gasteiger partial charge in [0.2, 0.25) is 0 Å². The summed E-state index contributed by atoms with van der Waals surface area (Å²) in [5, 5.41) is 13.6. The van der Waals surface area contributed by atoms with Crippen molar-refractivity contribution in [2.45, 2.75) is 19.5 Å². The largest absolute Gasteiger partial charge is 0.508 e. The van der Waals surface area contributed by atoms with Gasteiger partial charge < -0.3 is 15.2 Å². The molecule has 21 heavy (non-hydrogen) atoms. The summed E-state index contributed by atoms with van der Waals surface area (Å²) in [6.07, 6.45) is 0. The number of phenols is 1. The first kappa shape index (κ1) is 15.6. The van der Waals surface area contributed by atoms with Crippen LogP contribution >= 0.6 is 11.6 Å². The topological polar surface area (TPSA) is 41.5 Å². The summed E-state index contributed by atoms with van der Waals surface area (Å²) < 4.78 is 18.6. The second-order valence-electron chi connectivity index (χ2n) is 4.76. The van der Waals surface area contributed by atoms with Crippen LogP contribution in [0.4, 0.5) is 4.39 Å². The minimum absolute atomic E-state index is 0.144. The van der Waals surface area contributed by atoms with E-state index in [0.29, 0.717) is 22.9 Å². The van der Waals surface area contributed by atoms with Crippen molar-refractivity contribution in [3.05, 3.63) is 58.4 Å². The van der Waals surface area contributed by atoms with Crippen LogP contribution in [0.3, 0.4) is 0 Å². The SMILES string of the molecule is COc1ccc(F)cc1C(C)NCc1cc(Cl)ccc1O. The zero-order chi connectivity index (χ0) is 15.4. The lowest BCUT2D eigenvalue weighted by molar-refractivity contribution is 0.399. The maximum Gasteiger partial charge on any atom is 0.123 e. The smallest absolute Gasteiger partial charge is 0.123 e. The molecule has 0 heterocycles. The monoisotopic (exact) mass is 309 g/mol. The summed E-state index contributed by atoms with van der Waals surface area (Å²) in [5.41, 5.74) is 1.41. The lowest BCUT2D eigenvalue weighted by atomic mass is 10.1. The van der Waals surface area contributed by atoms with Gasteiger partial charge in [0.25, 0.3) is 0 Å². The minimum atomic E-state index is -0.315. The van der Waals surface area contributed by atoms with Crippen molar-refractivity contribution in [2.24, 2.45) is 0 Å². The maximum absolute atomic E-state index is 13.4. The first-order valence-electron chi connectivity index (χ1n) is 6.55. The van der Waals surface area contributed by atoms with E-state index in [1.165, 1.54) is 12.1 Å². The van der Waals surface area contributed by atoms with Crippen molar-refractivity contribution >= 4 is 11.6 Å². The predicted octanol–water partition coefficient (Wildman–Crippen LogP) is 4.04. The molecule has 1 unspecified atom stereocenters. The average molecular weight is 310 g/mol. The van der Waals surface area contributed by atoms with Crippen LogP contribution in [0.5, 0.6) is 11.5 Å². The Balaban J connectivity index is 2.13. The molecule has 3 nitrogen and oxygen atoms in total. The van der Waals surface area contributed by atoms with Crippen LogP contribution in [0.25, 0.3) is 0 Å². The maximum atomic E-state index is 13.4. The van der Waals surface area contributed by atoms with Crippen LogP contribution in [-0.2, 0) is 6.54 Å². The van der Waals surface area contributed by atoms with Crippen LogP contribution in [0.1, 0.15) is 24.1 Å². The van der Waals surface area contributed by atoms with Gasteiger partial charge in [0.05, 0.1) is 7.11 Å².